The van der Waals surface area contributed by atoms with Crippen molar-refractivity contribution >= 4 is 11.6 Å². The SMILES string of the molecule is CCOc1ccc(C(=O)N2CCN(c3cccc(C)c3C)CC2)cc1COCc1ccccc1. The minimum absolute atomic E-state index is 0.0629. The molecular weight excluding hydrogens is 424 g/mol. The van der Waals surface area contributed by atoms with Crippen LogP contribution in [0, 0.1) is 13.8 Å². The predicted molar refractivity (Wildman–Crippen MR) is 137 cm³/mol. The summed E-state index contributed by atoms with van der Waals surface area (Å²) in [6, 6.07) is 22.2. The monoisotopic (exact) mass is 458 g/mol. The number of carbonyl (C=O) groups excluding carboxylic acids is 1. The number of ether oxygens (including phenoxy) is 2. The first-order valence-electron chi connectivity index (χ1n) is 12.0. The summed E-state index contributed by atoms with van der Waals surface area (Å²) in [5, 5.41) is 0. The van der Waals surface area contributed by atoms with Crippen molar-refractivity contribution in [2.45, 2.75) is 34.0 Å². The van der Waals surface area contributed by atoms with Gasteiger partial charge in [0.15, 0.2) is 0 Å². The average molecular weight is 459 g/mol. The first kappa shape index (κ1) is 23.8. The van der Waals surface area contributed by atoms with Crippen LogP contribution in [0.15, 0.2) is 66.7 Å². The van der Waals surface area contributed by atoms with Crippen LogP contribution in [0.25, 0.3) is 0 Å². The fourth-order valence-electron chi connectivity index (χ4n) is 4.39. The summed E-state index contributed by atoms with van der Waals surface area (Å²) in [7, 11) is 0. The Kier molecular flexibility index (Phi) is 7.86. The summed E-state index contributed by atoms with van der Waals surface area (Å²) >= 11 is 0. The van der Waals surface area contributed by atoms with Gasteiger partial charge >= 0.3 is 0 Å². The Bertz CT molecular complexity index is 1110. The molecule has 1 fully saturated rings. The number of hydrogen-bond acceptors (Lipinski definition) is 4. The maximum atomic E-state index is 13.3. The average Bonchev–Trinajstić information content (AvgIpc) is 2.87. The van der Waals surface area contributed by atoms with E-state index in [4.69, 9.17) is 9.47 Å². The summed E-state index contributed by atoms with van der Waals surface area (Å²) in [5.74, 6) is 0.833. The highest BCUT2D eigenvalue weighted by Gasteiger charge is 2.24. The zero-order valence-electron chi connectivity index (χ0n) is 20.4. The van der Waals surface area contributed by atoms with Crippen molar-refractivity contribution in [3.05, 3.63) is 94.5 Å². The highest BCUT2D eigenvalue weighted by molar-refractivity contribution is 5.94. The molecule has 4 rings (SSSR count). The molecule has 0 unspecified atom stereocenters. The predicted octanol–water partition coefficient (Wildman–Crippen LogP) is 5.38. The van der Waals surface area contributed by atoms with Crippen LogP contribution in [-0.4, -0.2) is 43.6 Å². The lowest BCUT2D eigenvalue weighted by molar-refractivity contribution is 0.0745. The van der Waals surface area contributed by atoms with Gasteiger partial charge in [0.25, 0.3) is 5.91 Å². The van der Waals surface area contributed by atoms with E-state index in [-0.39, 0.29) is 5.91 Å². The van der Waals surface area contributed by atoms with Crippen LogP contribution in [-0.2, 0) is 18.0 Å². The Morgan fingerprint density at radius 3 is 2.38 bits per heavy atom. The van der Waals surface area contributed by atoms with Crippen molar-refractivity contribution in [3.63, 3.8) is 0 Å². The second kappa shape index (κ2) is 11.2. The van der Waals surface area contributed by atoms with E-state index in [0.29, 0.717) is 38.5 Å². The van der Waals surface area contributed by atoms with Crippen LogP contribution in [0.1, 0.15) is 39.5 Å². The smallest absolute Gasteiger partial charge is 0.253 e. The van der Waals surface area contributed by atoms with Crippen LogP contribution in [0.5, 0.6) is 5.75 Å². The van der Waals surface area contributed by atoms with Gasteiger partial charge in [-0.25, -0.2) is 0 Å². The van der Waals surface area contributed by atoms with Crippen molar-refractivity contribution in [2.75, 3.05) is 37.7 Å². The third kappa shape index (κ3) is 5.60. The minimum Gasteiger partial charge on any atom is -0.494 e. The highest BCUT2D eigenvalue weighted by Crippen LogP contribution is 2.26. The van der Waals surface area contributed by atoms with Gasteiger partial charge in [0.1, 0.15) is 5.75 Å². The van der Waals surface area contributed by atoms with Crippen molar-refractivity contribution in [2.24, 2.45) is 0 Å². The van der Waals surface area contributed by atoms with E-state index in [1.165, 1.54) is 16.8 Å². The summed E-state index contributed by atoms with van der Waals surface area (Å²) < 4.78 is 11.7. The third-order valence-corrected chi connectivity index (χ3v) is 6.46. The van der Waals surface area contributed by atoms with Gasteiger partial charge in [0, 0.05) is 43.0 Å². The molecule has 1 amide bonds. The molecule has 3 aromatic rings. The van der Waals surface area contributed by atoms with E-state index in [0.717, 1.165) is 30.0 Å². The van der Waals surface area contributed by atoms with Gasteiger partial charge < -0.3 is 19.3 Å². The fourth-order valence-corrected chi connectivity index (χ4v) is 4.39. The molecule has 0 saturated carbocycles. The quantitative estimate of drug-likeness (QED) is 0.454. The van der Waals surface area contributed by atoms with Gasteiger partial charge in [0.05, 0.1) is 19.8 Å². The Balaban J connectivity index is 1.41. The number of amides is 1. The molecule has 0 aromatic heterocycles. The number of piperazine rings is 1. The number of rotatable bonds is 8. The third-order valence-electron chi connectivity index (χ3n) is 6.46. The Morgan fingerprint density at radius 2 is 1.65 bits per heavy atom. The number of nitrogens with zero attached hydrogens (tertiary/aromatic N) is 2. The van der Waals surface area contributed by atoms with Crippen LogP contribution in [0.4, 0.5) is 5.69 Å². The molecule has 5 nitrogen and oxygen atoms in total. The van der Waals surface area contributed by atoms with E-state index < -0.39 is 0 Å². The zero-order chi connectivity index (χ0) is 23.9. The molecule has 5 heteroatoms. The van der Waals surface area contributed by atoms with Gasteiger partial charge in [-0.15, -0.1) is 0 Å². The first-order valence-corrected chi connectivity index (χ1v) is 12.0. The lowest BCUT2D eigenvalue weighted by Gasteiger charge is -2.37. The molecule has 0 aliphatic carbocycles. The number of aryl methyl sites for hydroxylation is 1. The Morgan fingerprint density at radius 1 is 0.882 bits per heavy atom. The van der Waals surface area contributed by atoms with Gasteiger partial charge in [-0.1, -0.05) is 42.5 Å². The van der Waals surface area contributed by atoms with Crippen LogP contribution < -0.4 is 9.64 Å². The number of anilines is 1. The molecule has 0 spiro atoms. The number of benzene rings is 3. The van der Waals surface area contributed by atoms with Crippen LogP contribution >= 0.6 is 0 Å². The molecule has 1 saturated heterocycles. The molecule has 0 N–H and O–H groups in total. The van der Waals surface area contributed by atoms with Crippen molar-refractivity contribution in [1.29, 1.82) is 0 Å². The molecule has 178 valence electrons. The van der Waals surface area contributed by atoms with Gasteiger partial charge in [-0.2, -0.15) is 0 Å². The molecule has 0 atom stereocenters. The van der Waals surface area contributed by atoms with Gasteiger partial charge in [0.2, 0.25) is 0 Å². The summed E-state index contributed by atoms with van der Waals surface area (Å²) in [5.41, 5.74) is 6.58. The van der Waals surface area contributed by atoms with E-state index in [2.05, 4.69) is 36.9 Å². The second-order valence-electron chi connectivity index (χ2n) is 8.73. The second-order valence-corrected chi connectivity index (χ2v) is 8.73. The van der Waals surface area contributed by atoms with Gasteiger partial charge in [-0.3, -0.25) is 4.79 Å². The standard InChI is InChI=1S/C29H34N2O3/c1-4-34-28-14-13-25(19-26(28)21-33-20-24-10-6-5-7-11-24)29(32)31-17-15-30(16-18-31)27-12-8-9-22(2)23(27)3/h5-14,19H,4,15-18,20-21H2,1-3H3. The normalized spacial score (nSPS) is 13.7. The van der Waals surface area contributed by atoms with Crippen molar-refractivity contribution in [3.8, 4) is 5.75 Å². The maximum absolute atomic E-state index is 13.3. The molecule has 1 aliphatic rings. The summed E-state index contributed by atoms with van der Waals surface area (Å²) in [4.78, 5) is 17.6. The fraction of sp³-hybridized carbons (Fsp3) is 0.345. The highest BCUT2D eigenvalue weighted by atomic mass is 16.5. The Labute approximate surface area is 202 Å². The van der Waals surface area contributed by atoms with Crippen molar-refractivity contribution in [1.82, 2.24) is 4.90 Å². The number of hydrogen-bond donors (Lipinski definition) is 0. The molecular formula is C29H34N2O3. The van der Waals surface area contributed by atoms with E-state index in [9.17, 15) is 4.79 Å². The van der Waals surface area contributed by atoms with Gasteiger partial charge in [-0.05, 0) is 61.7 Å². The topological polar surface area (TPSA) is 42.0 Å². The van der Waals surface area contributed by atoms with E-state index >= 15 is 0 Å². The van der Waals surface area contributed by atoms with Crippen LogP contribution in [0.2, 0.25) is 0 Å². The van der Waals surface area contributed by atoms with E-state index in [1.54, 1.807) is 0 Å². The molecule has 34 heavy (non-hydrogen) atoms. The molecule has 0 radical (unpaired) electrons. The van der Waals surface area contributed by atoms with E-state index in [1.807, 2.05) is 60.4 Å². The number of carbonyl (C=O) groups is 1. The molecule has 3 aromatic carbocycles. The summed E-state index contributed by atoms with van der Waals surface area (Å²) in [6.45, 7) is 10.8. The molecule has 1 heterocycles. The largest absolute Gasteiger partial charge is 0.494 e. The first-order chi connectivity index (χ1) is 16.6. The zero-order valence-corrected chi connectivity index (χ0v) is 20.4. The van der Waals surface area contributed by atoms with Crippen molar-refractivity contribution < 1.29 is 14.3 Å². The molecule has 1 aliphatic heterocycles. The summed E-state index contributed by atoms with van der Waals surface area (Å²) in [6.07, 6.45) is 0. The van der Waals surface area contributed by atoms with Crippen LogP contribution in [0.3, 0.4) is 0 Å². The maximum Gasteiger partial charge on any atom is 0.253 e. The Hall–Kier alpha value is -3.31. The minimum atomic E-state index is 0.0629. The lowest BCUT2D eigenvalue weighted by atomic mass is 10.1. The molecule has 0 bridgehead atoms. The lowest BCUT2D eigenvalue weighted by Crippen LogP contribution is -2.49.